The van der Waals surface area contributed by atoms with Crippen LogP contribution in [0.25, 0.3) is 0 Å². The van der Waals surface area contributed by atoms with E-state index < -0.39 is 6.10 Å². The summed E-state index contributed by atoms with van der Waals surface area (Å²) in [5, 5.41) is 10.7. The molecule has 22 heavy (non-hydrogen) atoms. The van der Waals surface area contributed by atoms with Crippen LogP contribution in [0.2, 0.25) is 0 Å². The average molecular weight is 291 g/mol. The first kappa shape index (κ1) is 14.3. The topological polar surface area (TPSA) is 45.7 Å². The van der Waals surface area contributed by atoms with Crippen LogP contribution in [0, 0.1) is 0 Å². The second-order valence-electron chi connectivity index (χ2n) is 5.00. The monoisotopic (exact) mass is 291 g/mol. The highest BCUT2D eigenvalue weighted by Crippen LogP contribution is 2.31. The van der Waals surface area contributed by atoms with Gasteiger partial charge in [-0.25, -0.2) is 0 Å². The summed E-state index contributed by atoms with van der Waals surface area (Å²) >= 11 is 0. The highest BCUT2D eigenvalue weighted by molar-refractivity contribution is 5.75. The van der Waals surface area contributed by atoms with Gasteiger partial charge in [0.05, 0.1) is 12.5 Å². The van der Waals surface area contributed by atoms with Gasteiger partial charge in [-0.15, -0.1) is 0 Å². The van der Waals surface area contributed by atoms with Crippen molar-refractivity contribution in [3.63, 3.8) is 0 Å². The average Bonchev–Trinajstić information content (AvgIpc) is 3.10. The lowest BCUT2D eigenvalue weighted by atomic mass is 9.96. The van der Waals surface area contributed by atoms with Crippen molar-refractivity contribution in [1.82, 2.24) is 0 Å². The van der Waals surface area contributed by atoms with E-state index in [1.807, 2.05) is 72.8 Å². The molecule has 0 aliphatic rings. The van der Waals surface area contributed by atoms with Gasteiger partial charge >= 0.3 is 0 Å². The molecule has 2 aromatic carbocycles. The van der Waals surface area contributed by atoms with E-state index >= 15 is 0 Å². The molecule has 3 aromatic rings. The number of nitrogens with zero attached hydrogens (tertiary/aromatic N) is 1. The number of hydrogen-bond acceptors (Lipinski definition) is 3. The lowest BCUT2D eigenvalue weighted by Crippen LogP contribution is -2.09. The Morgan fingerprint density at radius 3 is 2.05 bits per heavy atom. The van der Waals surface area contributed by atoms with Gasteiger partial charge in [-0.2, -0.15) is 0 Å². The lowest BCUT2D eigenvalue weighted by molar-refractivity contribution is 0.148. The van der Waals surface area contributed by atoms with Crippen LogP contribution in [0.1, 0.15) is 29.0 Å². The van der Waals surface area contributed by atoms with Crippen LogP contribution in [-0.4, -0.2) is 11.3 Å². The normalized spacial score (nSPS) is 14.0. The van der Waals surface area contributed by atoms with Crippen LogP contribution in [0.4, 0.5) is 0 Å². The van der Waals surface area contributed by atoms with Gasteiger partial charge < -0.3 is 9.52 Å². The molecule has 0 aliphatic heterocycles. The van der Waals surface area contributed by atoms with E-state index in [9.17, 15) is 5.11 Å². The molecule has 1 aromatic heterocycles. The molecule has 2 atom stereocenters. The maximum atomic E-state index is 10.7. The second kappa shape index (κ2) is 6.87. The summed E-state index contributed by atoms with van der Waals surface area (Å²) in [5.74, 6) is 0.668. The summed E-state index contributed by atoms with van der Waals surface area (Å²) < 4.78 is 5.27. The van der Waals surface area contributed by atoms with Gasteiger partial charge in [0.15, 0.2) is 0 Å². The molecule has 0 radical (unpaired) electrons. The van der Waals surface area contributed by atoms with E-state index in [0.29, 0.717) is 5.76 Å². The highest BCUT2D eigenvalue weighted by Gasteiger charge is 2.21. The van der Waals surface area contributed by atoms with Crippen molar-refractivity contribution in [2.45, 2.75) is 12.1 Å². The molecule has 3 nitrogen and oxygen atoms in total. The summed E-state index contributed by atoms with van der Waals surface area (Å²) in [4.78, 5) is 4.54. The van der Waals surface area contributed by atoms with Gasteiger partial charge in [0.25, 0.3) is 0 Å². The van der Waals surface area contributed by atoms with Crippen molar-refractivity contribution in [1.29, 1.82) is 0 Å². The molecule has 110 valence electrons. The Balaban J connectivity index is 1.92. The standard InChI is InChI=1S/C19H17NO2/c21-19(16-10-5-2-6-11-16)18(15-8-3-1-4-9-15)20-14-17-12-7-13-22-17/h1-14,18-19,21H/t18-,19+/m0/s1. The first-order valence-corrected chi connectivity index (χ1v) is 7.19. The number of aliphatic hydroxyl groups excluding tert-OH is 1. The van der Waals surface area contributed by atoms with Gasteiger partial charge in [-0.3, -0.25) is 4.99 Å². The number of furan rings is 1. The number of aliphatic imine (C=N–C) groups is 1. The maximum absolute atomic E-state index is 10.7. The number of hydrogen-bond donors (Lipinski definition) is 1. The van der Waals surface area contributed by atoms with Crippen LogP contribution >= 0.6 is 0 Å². The first-order valence-electron chi connectivity index (χ1n) is 7.19. The molecule has 0 saturated heterocycles. The van der Waals surface area contributed by atoms with E-state index in [0.717, 1.165) is 11.1 Å². The Labute approximate surface area is 129 Å². The minimum Gasteiger partial charge on any atom is -0.463 e. The Bertz CT molecular complexity index is 706. The van der Waals surface area contributed by atoms with Gasteiger partial charge in [0.2, 0.25) is 0 Å². The summed E-state index contributed by atoms with van der Waals surface area (Å²) in [6.45, 7) is 0. The third kappa shape index (κ3) is 3.32. The van der Waals surface area contributed by atoms with Crippen molar-refractivity contribution in [3.8, 4) is 0 Å². The smallest absolute Gasteiger partial charge is 0.144 e. The second-order valence-corrected chi connectivity index (χ2v) is 5.00. The SMILES string of the molecule is O[C@H](c1ccccc1)[C@@H](N=Cc1ccco1)c1ccccc1. The fraction of sp³-hybridized carbons (Fsp3) is 0.105. The first-order chi connectivity index (χ1) is 10.8. The molecule has 0 aliphatic carbocycles. The molecule has 0 amide bonds. The van der Waals surface area contributed by atoms with E-state index in [1.54, 1.807) is 12.5 Å². The molecule has 1 heterocycles. The summed E-state index contributed by atoms with van der Waals surface area (Å²) in [6, 6.07) is 22.6. The molecule has 0 bridgehead atoms. The largest absolute Gasteiger partial charge is 0.463 e. The summed E-state index contributed by atoms with van der Waals surface area (Å²) in [7, 11) is 0. The Hall–Kier alpha value is -2.65. The lowest BCUT2D eigenvalue weighted by Gasteiger charge is -2.20. The van der Waals surface area contributed by atoms with E-state index in [-0.39, 0.29) is 6.04 Å². The molecular formula is C19H17NO2. The highest BCUT2D eigenvalue weighted by atomic mass is 16.3. The van der Waals surface area contributed by atoms with Crippen LogP contribution in [0.5, 0.6) is 0 Å². The van der Waals surface area contributed by atoms with E-state index in [1.165, 1.54) is 0 Å². The predicted molar refractivity (Wildman–Crippen MR) is 86.9 cm³/mol. The third-order valence-corrected chi connectivity index (χ3v) is 3.49. The van der Waals surface area contributed by atoms with Gasteiger partial charge in [-0.1, -0.05) is 60.7 Å². The van der Waals surface area contributed by atoms with E-state index in [4.69, 9.17) is 4.42 Å². The maximum Gasteiger partial charge on any atom is 0.144 e. The van der Waals surface area contributed by atoms with Crippen molar-refractivity contribution < 1.29 is 9.52 Å². The van der Waals surface area contributed by atoms with Crippen LogP contribution in [-0.2, 0) is 0 Å². The molecule has 0 fully saturated rings. The zero-order chi connectivity index (χ0) is 15.2. The minimum atomic E-state index is -0.713. The molecule has 0 unspecified atom stereocenters. The predicted octanol–water partition coefficient (Wildman–Crippen LogP) is 4.17. The Morgan fingerprint density at radius 1 is 0.818 bits per heavy atom. The molecular weight excluding hydrogens is 274 g/mol. The summed E-state index contributed by atoms with van der Waals surface area (Å²) in [5.41, 5.74) is 1.80. The third-order valence-electron chi connectivity index (χ3n) is 3.49. The van der Waals surface area contributed by atoms with Crippen LogP contribution in [0.3, 0.4) is 0 Å². The number of rotatable bonds is 5. The number of benzene rings is 2. The van der Waals surface area contributed by atoms with Crippen molar-refractivity contribution in [2.75, 3.05) is 0 Å². The zero-order valence-corrected chi connectivity index (χ0v) is 12.0. The fourth-order valence-corrected chi connectivity index (χ4v) is 2.35. The van der Waals surface area contributed by atoms with Crippen LogP contribution < -0.4 is 0 Å². The Morgan fingerprint density at radius 2 is 1.45 bits per heavy atom. The van der Waals surface area contributed by atoms with Crippen molar-refractivity contribution in [3.05, 3.63) is 95.9 Å². The van der Waals surface area contributed by atoms with Gasteiger partial charge in [-0.05, 0) is 23.3 Å². The molecule has 3 rings (SSSR count). The minimum absolute atomic E-state index is 0.381. The molecule has 0 saturated carbocycles. The van der Waals surface area contributed by atoms with Gasteiger partial charge in [0.1, 0.15) is 17.9 Å². The van der Waals surface area contributed by atoms with E-state index in [2.05, 4.69) is 4.99 Å². The molecule has 0 spiro atoms. The quantitative estimate of drug-likeness (QED) is 0.717. The summed E-state index contributed by atoms with van der Waals surface area (Å²) in [6.07, 6.45) is 2.55. The van der Waals surface area contributed by atoms with Crippen molar-refractivity contribution >= 4 is 6.21 Å². The zero-order valence-electron chi connectivity index (χ0n) is 12.0. The van der Waals surface area contributed by atoms with Crippen molar-refractivity contribution in [2.24, 2.45) is 4.99 Å². The van der Waals surface area contributed by atoms with Crippen LogP contribution in [0.15, 0.2) is 88.5 Å². The molecule has 1 N–H and O–H groups in total. The van der Waals surface area contributed by atoms with Gasteiger partial charge in [0, 0.05) is 0 Å². The Kier molecular flexibility index (Phi) is 4.47. The fourth-order valence-electron chi connectivity index (χ4n) is 2.35. The number of aliphatic hydroxyl groups is 1. The molecule has 3 heteroatoms.